The number of nitrogens with one attached hydrogen (secondary N) is 1. The van der Waals surface area contributed by atoms with Crippen LogP contribution in [0.5, 0.6) is 0 Å². The van der Waals surface area contributed by atoms with Crippen LogP contribution >= 0.6 is 38.9 Å². The van der Waals surface area contributed by atoms with Crippen molar-refractivity contribution in [3.63, 3.8) is 0 Å². The number of thiophene rings is 1. The second-order valence-corrected chi connectivity index (χ2v) is 5.13. The molecule has 0 aliphatic carbocycles. The lowest BCUT2D eigenvalue weighted by molar-refractivity contribution is 1.07. The minimum Gasteiger partial charge on any atom is -0.366 e. The molecule has 0 radical (unpaired) electrons. The molecule has 2 rings (SSSR count). The Balaban J connectivity index is 2.02. The highest BCUT2D eigenvalue weighted by atomic mass is 79.9. The molecule has 0 bridgehead atoms. The standard InChI is InChI=1S/C9H7BrClN3S/c10-7-3-8(14-5-13-7)12-4-6-1-2-15-9(6)11/h1-3,5H,4H2,(H,12,13,14). The van der Waals surface area contributed by atoms with E-state index < -0.39 is 0 Å². The zero-order valence-electron chi connectivity index (χ0n) is 7.58. The molecule has 6 heteroatoms. The topological polar surface area (TPSA) is 37.8 Å². The fourth-order valence-electron chi connectivity index (χ4n) is 1.06. The Labute approximate surface area is 105 Å². The highest BCUT2D eigenvalue weighted by molar-refractivity contribution is 9.10. The summed E-state index contributed by atoms with van der Waals surface area (Å²) in [5.74, 6) is 0.777. The van der Waals surface area contributed by atoms with E-state index >= 15 is 0 Å². The average Bonchev–Trinajstić information content (AvgIpc) is 2.61. The third-order valence-electron chi connectivity index (χ3n) is 1.79. The van der Waals surface area contributed by atoms with Crippen LogP contribution in [-0.4, -0.2) is 9.97 Å². The number of hydrogen-bond acceptors (Lipinski definition) is 4. The van der Waals surface area contributed by atoms with Gasteiger partial charge in [0.1, 0.15) is 16.7 Å². The van der Waals surface area contributed by atoms with Gasteiger partial charge in [0.2, 0.25) is 0 Å². The molecule has 15 heavy (non-hydrogen) atoms. The highest BCUT2D eigenvalue weighted by Crippen LogP contribution is 2.23. The molecule has 0 spiro atoms. The van der Waals surface area contributed by atoms with E-state index in [-0.39, 0.29) is 0 Å². The summed E-state index contributed by atoms with van der Waals surface area (Å²) in [4.78, 5) is 8.02. The summed E-state index contributed by atoms with van der Waals surface area (Å²) in [6.07, 6.45) is 1.50. The van der Waals surface area contributed by atoms with Crippen LogP contribution < -0.4 is 5.32 Å². The quantitative estimate of drug-likeness (QED) is 0.881. The van der Waals surface area contributed by atoms with E-state index in [4.69, 9.17) is 11.6 Å². The molecule has 0 unspecified atom stereocenters. The Morgan fingerprint density at radius 2 is 2.33 bits per heavy atom. The number of aromatic nitrogens is 2. The van der Waals surface area contributed by atoms with Crippen LogP contribution in [0.3, 0.4) is 0 Å². The fraction of sp³-hybridized carbons (Fsp3) is 0.111. The first-order valence-corrected chi connectivity index (χ1v) is 6.24. The number of rotatable bonds is 3. The Hall–Kier alpha value is -0.650. The van der Waals surface area contributed by atoms with Crippen LogP contribution in [0.2, 0.25) is 4.34 Å². The van der Waals surface area contributed by atoms with Gasteiger partial charge in [0.05, 0.1) is 4.34 Å². The molecule has 0 aliphatic rings. The lowest BCUT2D eigenvalue weighted by Gasteiger charge is -2.03. The number of anilines is 1. The van der Waals surface area contributed by atoms with Gasteiger partial charge in [-0.15, -0.1) is 11.3 Å². The normalized spacial score (nSPS) is 10.3. The van der Waals surface area contributed by atoms with Gasteiger partial charge < -0.3 is 5.32 Å². The summed E-state index contributed by atoms with van der Waals surface area (Å²) in [6.45, 7) is 0.672. The van der Waals surface area contributed by atoms with Crippen molar-refractivity contribution in [2.45, 2.75) is 6.54 Å². The van der Waals surface area contributed by atoms with Gasteiger partial charge in [-0.25, -0.2) is 9.97 Å². The lowest BCUT2D eigenvalue weighted by Crippen LogP contribution is -2.00. The fourth-order valence-corrected chi connectivity index (χ4v) is 2.30. The van der Waals surface area contributed by atoms with Crippen LogP contribution in [0.25, 0.3) is 0 Å². The molecule has 1 N–H and O–H groups in total. The molecule has 2 aromatic rings. The molecular formula is C9H7BrClN3S. The molecular weight excluding hydrogens is 298 g/mol. The number of nitrogens with zero attached hydrogens (tertiary/aromatic N) is 2. The summed E-state index contributed by atoms with van der Waals surface area (Å²) in [7, 11) is 0. The first-order chi connectivity index (χ1) is 7.25. The van der Waals surface area contributed by atoms with E-state index in [1.54, 1.807) is 0 Å². The third kappa shape index (κ3) is 2.90. The van der Waals surface area contributed by atoms with Gasteiger partial charge >= 0.3 is 0 Å². The van der Waals surface area contributed by atoms with Gasteiger partial charge in [-0.1, -0.05) is 11.6 Å². The van der Waals surface area contributed by atoms with Crippen LogP contribution in [0.15, 0.2) is 28.4 Å². The molecule has 2 heterocycles. The Kier molecular flexibility index (Phi) is 3.56. The molecule has 78 valence electrons. The second kappa shape index (κ2) is 4.92. The van der Waals surface area contributed by atoms with E-state index in [0.717, 1.165) is 20.3 Å². The van der Waals surface area contributed by atoms with Crippen molar-refractivity contribution >= 4 is 44.7 Å². The average molecular weight is 305 g/mol. The Morgan fingerprint density at radius 3 is 3.00 bits per heavy atom. The lowest BCUT2D eigenvalue weighted by atomic mass is 10.3. The SMILES string of the molecule is Clc1sccc1CNc1cc(Br)ncn1. The smallest absolute Gasteiger partial charge is 0.130 e. The largest absolute Gasteiger partial charge is 0.366 e. The van der Waals surface area contributed by atoms with Crippen LogP contribution in [0.4, 0.5) is 5.82 Å². The van der Waals surface area contributed by atoms with E-state index in [2.05, 4.69) is 31.2 Å². The molecule has 0 aromatic carbocycles. The predicted molar refractivity (Wildman–Crippen MR) is 66.4 cm³/mol. The summed E-state index contributed by atoms with van der Waals surface area (Å²) in [6, 6.07) is 3.82. The van der Waals surface area contributed by atoms with Gasteiger partial charge in [-0.2, -0.15) is 0 Å². The number of halogens is 2. The molecule has 2 aromatic heterocycles. The van der Waals surface area contributed by atoms with Crippen LogP contribution in [-0.2, 0) is 6.54 Å². The minimum absolute atomic E-state index is 0.672. The molecule has 0 saturated heterocycles. The van der Waals surface area contributed by atoms with Crippen molar-refractivity contribution in [1.82, 2.24) is 9.97 Å². The van der Waals surface area contributed by atoms with Crippen LogP contribution in [0.1, 0.15) is 5.56 Å². The number of hydrogen-bond donors (Lipinski definition) is 1. The first-order valence-electron chi connectivity index (χ1n) is 4.19. The van der Waals surface area contributed by atoms with Crippen molar-refractivity contribution in [1.29, 1.82) is 0 Å². The van der Waals surface area contributed by atoms with E-state index in [9.17, 15) is 0 Å². The van der Waals surface area contributed by atoms with E-state index in [1.165, 1.54) is 17.7 Å². The van der Waals surface area contributed by atoms with E-state index in [1.807, 2.05) is 17.5 Å². The van der Waals surface area contributed by atoms with Crippen molar-refractivity contribution in [3.8, 4) is 0 Å². The van der Waals surface area contributed by atoms with E-state index in [0.29, 0.717) is 6.54 Å². The molecule has 0 aliphatic heterocycles. The monoisotopic (exact) mass is 303 g/mol. The van der Waals surface area contributed by atoms with Gasteiger partial charge in [0.15, 0.2) is 0 Å². The van der Waals surface area contributed by atoms with Crippen molar-refractivity contribution in [2.24, 2.45) is 0 Å². The van der Waals surface area contributed by atoms with Crippen molar-refractivity contribution in [3.05, 3.63) is 38.3 Å². The predicted octanol–water partition coefficient (Wildman–Crippen LogP) is 3.57. The van der Waals surface area contributed by atoms with Crippen molar-refractivity contribution in [2.75, 3.05) is 5.32 Å². The minimum atomic E-state index is 0.672. The maximum Gasteiger partial charge on any atom is 0.130 e. The van der Waals surface area contributed by atoms with Gasteiger partial charge in [-0.05, 0) is 27.4 Å². The third-order valence-corrected chi connectivity index (χ3v) is 3.47. The summed E-state index contributed by atoms with van der Waals surface area (Å²) in [5, 5.41) is 5.14. The molecule has 0 amide bonds. The van der Waals surface area contributed by atoms with Gasteiger partial charge in [0, 0.05) is 18.2 Å². The zero-order chi connectivity index (χ0) is 10.7. The second-order valence-electron chi connectivity index (χ2n) is 2.80. The Bertz CT molecular complexity index is 460. The highest BCUT2D eigenvalue weighted by Gasteiger charge is 2.01. The van der Waals surface area contributed by atoms with Crippen molar-refractivity contribution < 1.29 is 0 Å². The molecule has 0 atom stereocenters. The summed E-state index contributed by atoms with van der Waals surface area (Å²) >= 11 is 10.8. The zero-order valence-corrected chi connectivity index (χ0v) is 10.7. The summed E-state index contributed by atoms with van der Waals surface area (Å²) < 4.78 is 1.58. The first kappa shape index (κ1) is 10.9. The Morgan fingerprint density at radius 1 is 1.47 bits per heavy atom. The molecule has 0 fully saturated rings. The van der Waals surface area contributed by atoms with Gasteiger partial charge in [0.25, 0.3) is 0 Å². The maximum atomic E-state index is 5.97. The summed E-state index contributed by atoms with van der Waals surface area (Å²) in [5.41, 5.74) is 1.08. The maximum absolute atomic E-state index is 5.97. The van der Waals surface area contributed by atoms with Gasteiger partial charge in [-0.3, -0.25) is 0 Å². The van der Waals surface area contributed by atoms with Crippen LogP contribution in [0, 0.1) is 0 Å². The molecule has 0 saturated carbocycles. The molecule has 3 nitrogen and oxygen atoms in total.